The molecule has 0 saturated carbocycles. The Morgan fingerprint density at radius 1 is 1.47 bits per heavy atom. The first-order valence-electron chi connectivity index (χ1n) is 5.73. The van der Waals surface area contributed by atoms with Crippen molar-refractivity contribution in [1.29, 1.82) is 0 Å². The lowest BCUT2D eigenvalue weighted by Gasteiger charge is -2.17. The van der Waals surface area contributed by atoms with Gasteiger partial charge in [0.1, 0.15) is 6.61 Å². The summed E-state index contributed by atoms with van der Waals surface area (Å²) in [5.41, 5.74) is 8.64. The van der Waals surface area contributed by atoms with Crippen molar-refractivity contribution >= 4 is 6.09 Å². The molecule has 0 spiro atoms. The van der Waals surface area contributed by atoms with Gasteiger partial charge >= 0.3 is 6.09 Å². The van der Waals surface area contributed by atoms with E-state index in [1.54, 1.807) is 0 Å². The number of aryl methyl sites for hydroxylation is 2. The summed E-state index contributed by atoms with van der Waals surface area (Å²) in [5, 5.41) is 3.29. The molecule has 0 aliphatic carbocycles. The van der Waals surface area contributed by atoms with E-state index in [1.807, 2.05) is 0 Å². The standard InChI is InChI=1S/C13H20N2O2/c1-9-4-5-10(2)12(8-9)11(3)15-6-7-17-13(14)16/h4-5,8,11,15H,6-7H2,1-3H3,(H2,14,16). The summed E-state index contributed by atoms with van der Waals surface area (Å²) in [7, 11) is 0. The second-order valence-electron chi connectivity index (χ2n) is 4.20. The number of ether oxygens (including phenoxy) is 1. The van der Waals surface area contributed by atoms with Gasteiger partial charge in [0.05, 0.1) is 0 Å². The molecule has 0 aliphatic rings. The van der Waals surface area contributed by atoms with E-state index in [2.05, 4.69) is 49.0 Å². The number of hydrogen-bond acceptors (Lipinski definition) is 3. The molecule has 3 N–H and O–H groups in total. The fourth-order valence-electron chi connectivity index (χ4n) is 1.76. The number of primary amides is 1. The summed E-state index contributed by atoms with van der Waals surface area (Å²) >= 11 is 0. The maximum absolute atomic E-state index is 10.4. The van der Waals surface area contributed by atoms with Crippen LogP contribution in [0.4, 0.5) is 4.79 Å². The highest BCUT2D eigenvalue weighted by molar-refractivity contribution is 5.64. The molecular formula is C13H20N2O2. The van der Waals surface area contributed by atoms with Gasteiger partial charge in [0.2, 0.25) is 0 Å². The van der Waals surface area contributed by atoms with Gasteiger partial charge in [0, 0.05) is 12.6 Å². The maximum atomic E-state index is 10.4. The summed E-state index contributed by atoms with van der Waals surface area (Å²) in [6, 6.07) is 6.61. The topological polar surface area (TPSA) is 64.3 Å². The van der Waals surface area contributed by atoms with Gasteiger partial charge in [0.15, 0.2) is 0 Å². The first kappa shape index (κ1) is 13.5. The van der Waals surface area contributed by atoms with Crippen LogP contribution >= 0.6 is 0 Å². The van der Waals surface area contributed by atoms with E-state index in [0.29, 0.717) is 13.2 Å². The Balaban J connectivity index is 2.49. The van der Waals surface area contributed by atoms with E-state index in [-0.39, 0.29) is 6.04 Å². The first-order chi connectivity index (χ1) is 8.00. The third-order valence-electron chi connectivity index (χ3n) is 2.70. The molecule has 0 fully saturated rings. The molecule has 1 rings (SSSR count). The molecule has 1 amide bonds. The van der Waals surface area contributed by atoms with Crippen LogP contribution < -0.4 is 11.1 Å². The molecule has 0 aliphatic heterocycles. The van der Waals surface area contributed by atoms with Crippen LogP contribution in [0.2, 0.25) is 0 Å². The van der Waals surface area contributed by atoms with Gasteiger partial charge in [-0.1, -0.05) is 23.8 Å². The largest absolute Gasteiger partial charge is 0.448 e. The van der Waals surface area contributed by atoms with Gasteiger partial charge in [-0.05, 0) is 31.9 Å². The predicted octanol–water partition coefficient (Wildman–Crippen LogP) is 2.05. The quantitative estimate of drug-likeness (QED) is 0.769. The van der Waals surface area contributed by atoms with Crippen molar-refractivity contribution in [2.75, 3.05) is 13.2 Å². The molecular weight excluding hydrogens is 216 g/mol. The highest BCUT2D eigenvalue weighted by atomic mass is 16.5. The Morgan fingerprint density at radius 3 is 2.82 bits per heavy atom. The lowest BCUT2D eigenvalue weighted by Crippen LogP contribution is -2.26. The van der Waals surface area contributed by atoms with Crippen LogP contribution in [0.5, 0.6) is 0 Å². The lowest BCUT2D eigenvalue weighted by molar-refractivity contribution is 0.156. The molecule has 4 nitrogen and oxygen atoms in total. The lowest BCUT2D eigenvalue weighted by atomic mass is 10.00. The summed E-state index contributed by atoms with van der Waals surface area (Å²) in [5.74, 6) is 0. The second-order valence-corrected chi connectivity index (χ2v) is 4.20. The molecule has 0 radical (unpaired) electrons. The molecule has 0 heterocycles. The molecule has 4 heteroatoms. The minimum atomic E-state index is -0.730. The van der Waals surface area contributed by atoms with Gasteiger partial charge in [-0.2, -0.15) is 0 Å². The highest BCUT2D eigenvalue weighted by Gasteiger charge is 2.07. The van der Waals surface area contributed by atoms with Crippen molar-refractivity contribution < 1.29 is 9.53 Å². The zero-order valence-electron chi connectivity index (χ0n) is 10.6. The Morgan fingerprint density at radius 2 is 2.18 bits per heavy atom. The van der Waals surface area contributed by atoms with Gasteiger partial charge in [-0.25, -0.2) is 4.79 Å². The van der Waals surface area contributed by atoms with Crippen LogP contribution in [0.3, 0.4) is 0 Å². The number of amides is 1. The minimum Gasteiger partial charge on any atom is -0.448 e. The van der Waals surface area contributed by atoms with Gasteiger partial charge in [-0.15, -0.1) is 0 Å². The third kappa shape index (κ3) is 4.44. The fraction of sp³-hybridized carbons (Fsp3) is 0.462. The number of rotatable bonds is 5. The molecule has 1 unspecified atom stereocenters. The molecule has 0 bridgehead atoms. The number of benzene rings is 1. The summed E-state index contributed by atoms with van der Waals surface area (Å²) in [6.45, 7) is 7.15. The van der Waals surface area contributed by atoms with Gasteiger partial charge in [-0.3, -0.25) is 0 Å². The monoisotopic (exact) mass is 236 g/mol. The van der Waals surface area contributed by atoms with Crippen molar-refractivity contribution in [2.45, 2.75) is 26.8 Å². The summed E-state index contributed by atoms with van der Waals surface area (Å²) in [6.07, 6.45) is -0.730. The molecule has 0 saturated heterocycles. The van der Waals surface area contributed by atoms with Crippen molar-refractivity contribution in [3.63, 3.8) is 0 Å². The van der Waals surface area contributed by atoms with Crippen LogP contribution in [0.25, 0.3) is 0 Å². The van der Waals surface area contributed by atoms with Crippen molar-refractivity contribution in [3.8, 4) is 0 Å². The average Bonchev–Trinajstić information content (AvgIpc) is 2.27. The van der Waals surface area contributed by atoms with Gasteiger partial charge < -0.3 is 15.8 Å². The molecule has 94 valence electrons. The SMILES string of the molecule is Cc1ccc(C)c(C(C)NCCOC(N)=O)c1. The Bertz CT molecular complexity index is 391. The Kier molecular flexibility index (Phi) is 4.97. The average molecular weight is 236 g/mol. The van der Waals surface area contributed by atoms with Crippen molar-refractivity contribution in [3.05, 3.63) is 34.9 Å². The number of nitrogens with two attached hydrogens (primary N) is 1. The van der Waals surface area contributed by atoms with E-state index in [1.165, 1.54) is 16.7 Å². The molecule has 1 aromatic rings. The van der Waals surface area contributed by atoms with Crippen molar-refractivity contribution in [1.82, 2.24) is 5.32 Å². The van der Waals surface area contributed by atoms with E-state index in [0.717, 1.165) is 0 Å². The number of nitrogens with one attached hydrogen (secondary N) is 1. The second kappa shape index (κ2) is 6.25. The smallest absolute Gasteiger partial charge is 0.404 e. The highest BCUT2D eigenvalue weighted by Crippen LogP contribution is 2.18. The normalized spacial score (nSPS) is 12.2. The maximum Gasteiger partial charge on any atom is 0.404 e. The van der Waals surface area contributed by atoms with Crippen LogP contribution in [0, 0.1) is 13.8 Å². The molecule has 17 heavy (non-hydrogen) atoms. The molecule has 0 aromatic heterocycles. The number of hydrogen-bond donors (Lipinski definition) is 2. The zero-order valence-corrected chi connectivity index (χ0v) is 10.6. The third-order valence-corrected chi connectivity index (χ3v) is 2.70. The van der Waals surface area contributed by atoms with E-state index in [4.69, 9.17) is 5.73 Å². The summed E-state index contributed by atoms with van der Waals surface area (Å²) in [4.78, 5) is 10.4. The molecule has 1 atom stereocenters. The van der Waals surface area contributed by atoms with Crippen LogP contribution in [0.15, 0.2) is 18.2 Å². The minimum absolute atomic E-state index is 0.228. The van der Waals surface area contributed by atoms with Crippen LogP contribution in [-0.2, 0) is 4.74 Å². The van der Waals surface area contributed by atoms with Gasteiger partial charge in [0.25, 0.3) is 0 Å². The van der Waals surface area contributed by atoms with E-state index >= 15 is 0 Å². The predicted molar refractivity (Wildman–Crippen MR) is 67.9 cm³/mol. The van der Waals surface area contributed by atoms with Crippen molar-refractivity contribution in [2.24, 2.45) is 5.73 Å². The summed E-state index contributed by atoms with van der Waals surface area (Å²) < 4.78 is 4.66. The Labute approximate surface area is 102 Å². The number of carbonyl (C=O) groups excluding carboxylic acids is 1. The van der Waals surface area contributed by atoms with E-state index in [9.17, 15) is 4.79 Å². The van der Waals surface area contributed by atoms with E-state index < -0.39 is 6.09 Å². The fourth-order valence-corrected chi connectivity index (χ4v) is 1.76. The number of carbonyl (C=O) groups is 1. The molecule has 1 aromatic carbocycles. The van der Waals surface area contributed by atoms with Crippen LogP contribution in [-0.4, -0.2) is 19.2 Å². The Hall–Kier alpha value is -1.55. The van der Waals surface area contributed by atoms with Crippen LogP contribution in [0.1, 0.15) is 29.7 Å². The first-order valence-corrected chi connectivity index (χ1v) is 5.73. The zero-order chi connectivity index (χ0) is 12.8.